The number of rotatable bonds is 5. The van der Waals surface area contributed by atoms with Gasteiger partial charge in [-0.2, -0.15) is 9.78 Å². The number of nitrogens with two attached hydrogens (primary N) is 1. The molecular formula is C27H24F2N8O. The highest BCUT2D eigenvalue weighted by Crippen LogP contribution is 2.41. The molecule has 4 aromatic rings. The smallest absolute Gasteiger partial charge is 0.231 e. The van der Waals surface area contributed by atoms with Gasteiger partial charge in [0, 0.05) is 51.3 Å². The van der Waals surface area contributed by atoms with E-state index in [0.717, 1.165) is 18.5 Å². The molecule has 0 bridgehead atoms. The van der Waals surface area contributed by atoms with Gasteiger partial charge in [0.2, 0.25) is 11.9 Å². The zero-order valence-corrected chi connectivity index (χ0v) is 20.7. The van der Waals surface area contributed by atoms with Crippen LogP contribution in [0.25, 0.3) is 16.9 Å². The Morgan fingerprint density at radius 2 is 1.95 bits per heavy atom. The Kier molecular flexibility index (Phi) is 5.57. The summed E-state index contributed by atoms with van der Waals surface area (Å²) < 4.78 is 31.1. The minimum Gasteiger partial charge on any atom is -0.368 e. The summed E-state index contributed by atoms with van der Waals surface area (Å²) in [5.41, 5.74) is 7.64. The molecule has 11 heteroatoms. The molecule has 2 aliphatic rings. The van der Waals surface area contributed by atoms with Crippen molar-refractivity contribution in [3.63, 3.8) is 0 Å². The summed E-state index contributed by atoms with van der Waals surface area (Å²) >= 11 is 0. The van der Waals surface area contributed by atoms with Crippen molar-refractivity contribution in [2.45, 2.75) is 19.4 Å². The molecule has 2 aliphatic heterocycles. The van der Waals surface area contributed by atoms with E-state index in [1.165, 1.54) is 28.8 Å². The van der Waals surface area contributed by atoms with Gasteiger partial charge in [0.05, 0.1) is 16.7 Å². The average Bonchev–Trinajstić information content (AvgIpc) is 3.42. The highest BCUT2D eigenvalue weighted by molar-refractivity contribution is 5.86. The minimum absolute atomic E-state index is 0.0103. The third-order valence-corrected chi connectivity index (χ3v) is 7.51. The van der Waals surface area contributed by atoms with Gasteiger partial charge < -0.3 is 10.6 Å². The molecule has 38 heavy (non-hydrogen) atoms. The molecule has 2 saturated heterocycles. The third-order valence-electron chi connectivity index (χ3n) is 7.51. The van der Waals surface area contributed by atoms with Crippen LogP contribution < -0.4 is 5.73 Å². The van der Waals surface area contributed by atoms with Crippen molar-refractivity contribution < 1.29 is 13.6 Å². The lowest BCUT2D eigenvalue weighted by Gasteiger charge is -2.46. The van der Waals surface area contributed by atoms with Gasteiger partial charge in [-0.3, -0.25) is 9.69 Å². The normalized spacial score (nSPS) is 16.8. The fraction of sp³-hybridized carbons (Fsp3) is 0.296. The fourth-order valence-electron chi connectivity index (χ4n) is 5.54. The van der Waals surface area contributed by atoms with Crippen molar-refractivity contribution in [3.8, 4) is 17.3 Å². The summed E-state index contributed by atoms with van der Waals surface area (Å²) in [5, 5.41) is 13.6. The summed E-state index contributed by atoms with van der Waals surface area (Å²) in [4.78, 5) is 25.2. The Morgan fingerprint density at radius 3 is 2.68 bits per heavy atom. The van der Waals surface area contributed by atoms with Crippen molar-refractivity contribution in [1.29, 1.82) is 5.26 Å². The van der Waals surface area contributed by atoms with E-state index in [1.807, 2.05) is 19.2 Å². The molecule has 2 aromatic heterocycles. The number of carbonyl (C=O) groups is 1. The Hall–Kier alpha value is -4.43. The van der Waals surface area contributed by atoms with Crippen LogP contribution in [0.4, 0.5) is 14.7 Å². The predicted octanol–water partition coefficient (Wildman–Crippen LogP) is 2.78. The first kappa shape index (κ1) is 23.9. The number of halogens is 2. The van der Waals surface area contributed by atoms with Crippen LogP contribution in [0.1, 0.15) is 28.9 Å². The number of likely N-dealkylation sites (tertiary alicyclic amines) is 2. The number of nitriles is 1. The lowest BCUT2D eigenvalue weighted by molar-refractivity contribution is -0.144. The van der Waals surface area contributed by atoms with E-state index < -0.39 is 5.82 Å². The molecule has 192 valence electrons. The standard InChI is InChI=1S/C27H24F2N8O/c1-35-9-8-27(25(35)38)14-36(15-27)13-17-5-3-7-20(28)19(17)10-22-33-23-11-21(32-26(31)37(23)34-22)18-6-2-4-16(12-30)24(18)29/h2-7,11H,8-10,13-15H2,1H3,(H2,31,32). The minimum atomic E-state index is -0.694. The van der Waals surface area contributed by atoms with Gasteiger partial charge in [-0.25, -0.2) is 18.7 Å². The average molecular weight is 515 g/mol. The second kappa shape index (κ2) is 8.85. The van der Waals surface area contributed by atoms with E-state index in [9.17, 15) is 9.18 Å². The SMILES string of the molecule is CN1CCC2(CN(Cc3cccc(F)c3Cc3nc4cc(-c5cccc(C#N)c5F)nc(N)n4n3)C2)C1=O. The first-order valence-electron chi connectivity index (χ1n) is 12.2. The summed E-state index contributed by atoms with van der Waals surface area (Å²) in [5.74, 6) is -0.548. The highest BCUT2D eigenvalue weighted by atomic mass is 19.1. The summed E-state index contributed by atoms with van der Waals surface area (Å²) in [6.45, 7) is 2.61. The van der Waals surface area contributed by atoms with E-state index in [4.69, 9.17) is 11.0 Å². The van der Waals surface area contributed by atoms with E-state index in [1.54, 1.807) is 17.0 Å². The van der Waals surface area contributed by atoms with Crippen molar-refractivity contribution in [1.82, 2.24) is 29.4 Å². The van der Waals surface area contributed by atoms with Crippen LogP contribution in [-0.4, -0.2) is 62.0 Å². The number of benzene rings is 2. The molecule has 1 spiro atoms. The van der Waals surface area contributed by atoms with Crippen LogP contribution in [0.2, 0.25) is 0 Å². The van der Waals surface area contributed by atoms with Crippen LogP contribution in [0, 0.1) is 28.4 Å². The maximum absolute atomic E-state index is 15.0. The molecule has 2 fully saturated rings. The molecule has 4 heterocycles. The molecule has 2 aromatic carbocycles. The van der Waals surface area contributed by atoms with Gasteiger partial charge in [0.15, 0.2) is 11.5 Å². The highest BCUT2D eigenvalue weighted by Gasteiger charge is 2.53. The molecule has 0 saturated carbocycles. The van der Waals surface area contributed by atoms with Crippen LogP contribution in [0.15, 0.2) is 42.5 Å². The van der Waals surface area contributed by atoms with E-state index in [-0.39, 0.29) is 46.3 Å². The first-order chi connectivity index (χ1) is 18.3. The molecule has 0 atom stereocenters. The molecule has 1 amide bonds. The first-order valence-corrected chi connectivity index (χ1v) is 12.2. The largest absolute Gasteiger partial charge is 0.368 e. The number of aromatic nitrogens is 4. The fourth-order valence-corrected chi connectivity index (χ4v) is 5.54. The van der Waals surface area contributed by atoms with Crippen LogP contribution in [-0.2, 0) is 17.8 Å². The number of anilines is 1. The number of carbonyl (C=O) groups excluding carboxylic acids is 1. The monoisotopic (exact) mass is 514 g/mol. The molecule has 0 radical (unpaired) electrons. The third kappa shape index (κ3) is 3.85. The molecule has 2 N–H and O–H groups in total. The van der Waals surface area contributed by atoms with Gasteiger partial charge in [-0.1, -0.05) is 18.2 Å². The number of hydrogen-bond acceptors (Lipinski definition) is 7. The number of amides is 1. The van der Waals surface area contributed by atoms with Gasteiger partial charge in [0.25, 0.3) is 0 Å². The lowest BCUT2D eigenvalue weighted by Crippen LogP contribution is -2.59. The Bertz CT molecular complexity index is 1640. The molecule has 0 unspecified atom stereocenters. The maximum atomic E-state index is 15.0. The molecule has 0 aliphatic carbocycles. The maximum Gasteiger partial charge on any atom is 0.231 e. The lowest BCUT2D eigenvalue weighted by atomic mass is 9.78. The molecule has 6 rings (SSSR count). The molecular weight excluding hydrogens is 490 g/mol. The zero-order chi connectivity index (χ0) is 26.6. The Labute approximate surface area is 217 Å². The van der Waals surface area contributed by atoms with Crippen molar-refractivity contribution in [3.05, 3.63) is 76.6 Å². The number of hydrogen-bond donors (Lipinski definition) is 1. The summed E-state index contributed by atoms with van der Waals surface area (Å²) in [7, 11) is 1.83. The second-order valence-corrected chi connectivity index (χ2v) is 10.0. The topological polar surface area (TPSA) is 116 Å². The number of nitrogen functional groups attached to an aromatic ring is 1. The summed E-state index contributed by atoms with van der Waals surface area (Å²) in [6, 6.07) is 12.8. The van der Waals surface area contributed by atoms with Gasteiger partial charge in [-0.15, -0.1) is 5.10 Å². The Balaban J connectivity index is 1.27. The van der Waals surface area contributed by atoms with E-state index in [0.29, 0.717) is 36.7 Å². The number of fused-ring (bicyclic) bond motifs is 1. The summed E-state index contributed by atoms with van der Waals surface area (Å²) in [6.07, 6.45) is 0.972. The van der Waals surface area contributed by atoms with Gasteiger partial charge in [-0.05, 0) is 35.7 Å². The zero-order valence-electron chi connectivity index (χ0n) is 20.7. The second-order valence-electron chi connectivity index (χ2n) is 10.0. The van der Waals surface area contributed by atoms with E-state index >= 15 is 4.39 Å². The van der Waals surface area contributed by atoms with Crippen LogP contribution in [0.3, 0.4) is 0 Å². The van der Waals surface area contributed by atoms with Crippen molar-refractivity contribution >= 4 is 17.5 Å². The Morgan fingerprint density at radius 1 is 1.16 bits per heavy atom. The van der Waals surface area contributed by atoms with Crippen LogP contribution in [0.5, 0.6) is 0 Å². The predicted molar refractivity (Wildman–Crippen MR) is 134 cm³/mol. The molecule has 9 nitrogen and oxygen atoms in total. The van der Waals surface area contributed by atoms with Crippen molar-refractivity contribution in [2.24, 2.45) is 5.41 Å². The van der Waals surface area contributed by atoms with E-state index in [2.05, 4.69) is 20.0 Å². The quantitative estimate of drug-likeness (QED) is 0.435. The number of nitrogens with zero attached hydrogens (tertiary/aromatic N) is 7. The van der Waals surface area contributed by atoms with Gasteiger partial charge in [0.1, 0.15) is 17.7 Å². The van der Waals surface area contributed by atoms with Crippen LogP contribution >= 0.6 is 0 Å². The van der Waals surface area contributed by atoms with Crippen molar-refractivity contribution in [2.75, 3.05) is 32.4 Å². The van der Waals surface area contributed by atoms with Gasteiger partial charge >= 0.3 is 0 Å².